The molecule has 0 atom stereocenters. The second-order valence-electron chi connectivity index (χ2n) is 5.10. The van der Waals surface area contributed by atoms with Gasteiger partial charge < -0.3 is 11.1 Å². The summed E-state index contributed by atoms with van der Waals surface area (Å²) >= 11 is 3.15. The first-order valence-corrected chi connectivity index (χ1v) is 8.67. The maximum atomic E-state index is 12.2. The molecule has 106 valence electrons. The van der Waals surface area contributed by atoms with Gasteiger partial charge in [-0.25, -0.2) is 4.98 Å². The third-order valence-corrected chi connectivity index (χ3v) is 6.19. The van der Waals surface area contributed by atoms with E-state index >= 15 is 0 Å². The third-order valence-electron chi connectivity index (χ3n) is 3.79. The number of aryl methyl sites for hydroxylation is 1. The Morgan fingerprint density at radius 2 is 2.16 bits per heavy atom. The molecule has 3 N–H and O–H groups in total. The van der Waals surface area contributed by atoms with Crippen LogP contribution in [0.4, 0.5) is 5.13 Å². The molecule has 2 rings (SSSR count). The zero-order valence-corrected chi connectivity index (χ0v) is 13.1. The number of nitrogens with two attached hydrogens (primary N) is 1. The van der Waals surface area contributed by atoms with Gasteiger partial charge in [-0.3, -0.25) is 4.79 Å². The second-order valence-corrected chi connectivity index (χ2v) is 7.40. The number of carbonyl (C=O) groups excluding carboxylic acids is 1. The molecular weight excluding hydrogens is 278 g/mol. The minimum atomic E-state index is -0.0364. The summed E-state index contributed by atoms with van der Waals surface area (Å²) in [5, 5.41) is 3.53. The van der Waals surface area contributed by atoms with Gasteiger partial charge in [-0.15, -0.1) is 0 Å². The first kappa shape index (κ1) is 14.7. The van der Waals surface area contributed by atoms with E-state index in [-0.39, 0.29) is 10.7 Å². The largest absolute Gasteiger partial charge is 0.375 e. The molecule has 1 heterocycles. The fraction of sp³-hybridized carbons (Fsp3) is 0.692. The van der Waals surface area contributed by atoms with E-state index in [2.05, 4.69) is 16.6 Å². The van der Waals surface area contributed by atoms with Crippen molar-refractivity contribution in [3.05, 3.63) is 10.6 Å². The number of carbonyl (C=O) groups is 1. The standard InChI is InChI=1S/C13H21N3OS2/c1-9-10(19-12(14)16-9)11(17)15-8-13(18-2)6-4-3-5-7-13/h3-8H2,1-2H3,(H2,14,16)(H,15,17). The zero-order valence-electron chi connectivity index (χ0n) is 11.5. The van der Waals surface area contributed by atoms with Gasteiger partial charge in [0.25, 0.3) is 5.91 Å². The van der Waals surface area contributed by atoms with Crippen molar-refractivity contribution in [2.24, 2.45) is 0 Å². The summed E-state index contributed by atoms with van der Waals surface area (Å²) in [6.45, 7) is 2.57. The molecule has 1 aromatic rings. The van der Waals surface area contributed by atoms with E-state index < -0.39 is 0 Å². The number of thiazole rings is 1. The lowest BCUT2D eigenvalue weighted by Crippen LogP contribution is -2.41. The summed E-state index contributed by atoms with van der Waals surface area (Å²) in [4.78, 5) is 16.9. The Kier molecular flexibility index (Phi) is 4.73. The predicted molar refractivity (Wildman–Crippen MR) is 82.9 cm³/mol. The lowest BCUT2D eigenvalue weighted by molar-refractivity contribution is 0.0950. The molecule has 1 saturated carbocycles. The fourth-order valence-corrected chi connectivity index (χ4v) is 4.26. The third kappa shape index (κ3) is 3.42. The summed E-state index contributed by atoms with van der Waals surface area (Å²) in [6, 6.07) is 0. The average molecular weight is 299 g/mol. The minimum Gasteiger partial charge on any atom is -0.375 e. The van der Waals surface area contributed by atoms with Crippen LogP contribution in [0.3, 0.4) is 0 Å². The van der Waals surface area contributed by atoms with Crippen LogP contribution in [-0.2, 0) is 0 Å². The van der Waals surface area contributed by atoms with Crippen molar-refractivity contribution in [3.8, 4) is 0 Å². The SMILES string of the molecule is CSC1(CNC(=O)c2sc(N)nc2C)CCCCC1. The fourth-order valence-electron chi connectivity index (χ4n) is 2.60. The second kappa shape index (κ2) is 6.13. The van der Waals surface area contributed by atoms with Crippen LogP contribution < -0.4 is 11.1 Å². The molecule has 0 aromatic carbocycles. The summed E-state index contributed by atoms with van der Waals surface area (Å²) < 4.78 is 0.220. The molecular formula is C13H21N3OS2. The van der Waals surface area contributed by atoms with Gasteiger partial charge in [0.15, 0.2) is 5.13 Å². The van der Waals surface area contributed by atoms with Crippen molar-refractivity contribution < 1.29 is 4.79 Å². The van der Waals surface area contributed by atoms with Gasteiger partial charge in [0.05, 0.1) is 5.69 Å². The number of nitrogens with zero attached hydrogens (tertiary/aromatic N) is 1. The molecule has 1 aromatic heterocycles. The molecule has 0 saturated heterocycles. The van der Waals surface area contributed by atoms with Gasteiger partial charge in [0, 0.05) is 11.3 Å². The molecule has 1 amide bonds. The number of thioether (sulfide) groups is 1. The van der Waals surface area contributed by atoms with E-state index in [0.717, 1.165) is 12.2 Å². The number of nitrogen functional groups attached to an aromatic ring is 1. The molecule has 0 radical (unpaired) electrons. The quantitative estimate of drug-likeness (QED) is 0.897. The van der Waals surface area contributed by atoms with Crippen LogP contribution in [0.1, 0.15) is 47.5 Å². The number of nitrogens with one attached hydrogen (secondary N) is 1. The van der Waals surface area contributed by atoms with E-state index in [1.165, 1.54) is 43.4 Å². The first-order valence-electron chi connectivity index (χ1n) is 6.62. The van der Waals surface area contributed by atoms with E-state index in [1.807, 2.05) is 18.7 Å². The van der Waals surface area contributed by atoms with Crippen LogP contribution in [0, 0.1) is 6.92 Å². The van der Waals surface area contributed by atoms with E-state index in [1.54, 1.807) is 0 Å². The van der Waals surface area contributed by atoms with Gasteiger partial charge in [0.2, 0.25) is 0 Å². The maximum absolute atomic E-state index is 12.2. The van der Waals surface area contributed by atoms with Crippen LogP contribution in [0.15, 0.2) is 0 Å². The van der Waals surface area contributed by atoms with E-state index in [9.17, 15) is 4.79 Å². The van der Waals surface area contributed by atoms with Crippen molar-refractivity contribution in [2.45, 2.75) is 43.8 Å². The molecule has 0 bridgehead atoms. The highest BCUT2D eigenvalue weighted by molar-refractivity contribution is 8.00. The van der Waals surface area contributed by atoms with Crippen LogP contribution in [0.2, 0.25) is 0 Å². The minimum absolute atomic E-state index is 0.0364. The van der Waals surface area contributed by atoms with Gasteiger partial charge in [-0.05, 0) is 26.0 Å². The molecule has 0 aliphatic heterocycles. The average Bonchev–Trinajstić information content (AvgIpc) is 2.76. The Hall–Kier alpha value is -0.750. The van der Waals surface area contributed by atoms with Crippen molar-refractivity contribution >= 4 is 34.1 Å². The van der Waals surface area contributed by atoms with Gasteiger partial charge in [-0.2, -0.15) is 11.8 Å². The molecule has 19 heavy (non-hydrogen) atoms. The lowest BCUT2D eigenvalue weighted by Gasteiger charge is -2.35. The van der Waals surface area contributed by atoms with Crippen LogP contribution in [0.25, 0.3) is 0 Å². The summed E-state index contributed by atoms with van der Waals surface area (Å²) in [5.41, 5.74) is 6.36. The molecule has 6 heteroatoms. The van der Waals surface area contributed by atoms with Crippen molar-refractivity contribution in [1.29, 1.82) is 0 Å². The topological polar surface area (TPSA) is 68.0 Å². The number of hydrogen-bond donors (Lipinski definition) is 2. The predicted octanol–water partition coefficient (Wildman–Crippen LogP) is 2.83. The molecule has 4 nitrogen and oxygen atoms in total. The Morgan fingerprint density at radius 1 is 1.47 bits per heavy atom. The Morgan fingerprint density at radius 3 is 2.68 bits per heavy atom. The van der Waals surface area contributed by atoms with Crippen LogP contribution in [0.5, 0.6) is 0 Å². The lowest BCUT2D eigenvalue weighted by atomic mass is 9.88. The number of amides is 1. The van der Waals surface area contributed by atoms with Gasteiger partial charge >= 0.3 is 0 Å². The van der Waals surface area contributed by atoms with E-state index in [0.29, 0.717) is 10.0 Å². The summed E-state index contributed by atoms with van der Waals surface area (Å²) in [7, 11) is 0. The summed E-state index contributed by atoms with van der Waals surface area (Å²) in [5.74, 6) is -0.0364. The summed E-state index contributed by atoms with van der Waals surface area (Å²) in [6.07, 6.45) is 8.39. The number of anilines is 1. The van der Waals surface area contributed by atoms with Crippen molar-refractivity contribution in [2.75, 3.05) is 18.5 Å². The molecule has 0 unspecified atom stereocenters. The highest BCUT2D eigenvalue weighted by atomic mass is 32.2. The highest BCUT2D eigenvalue weighted by Gasteiger charge is 2.31. The van der Waals surface area contributed by atoms with Crippen molar-refractivity contribution in [1.82, 2.24) is 10.3 Å². The maximum Gasteiger partial charge on any atom is 0.263 e. The van der Waals surface area contributed by atoms with Crippen LogP contribution >= 0.6 is 23.1 Å². The highest BCUT2D eigenvalue weighted by Crippen LogP contribution is 2.38. The number of rotatable bonds is 4. The van der Waals surface area contributed by atoms with E-state index in [4.69, 9.17) is 5.73 Å². The Balaban J connectivity index is 1.97. The van der Waals surface area contributed by atoms with Gasteiger partial charge in [-0.1, -0.05) is 30.6 Å². The number of aromatic nitrogens is 1. The first-order chi connectivity index (χ1) is 9.06. The molecule has 1 aliphatic rings. The smallest absolute Gasteiger partial charge is 0.263 e. The Bertz CT molecular complexity index is 453. The van der Waals surface area contributed by atoms with Crippen molar-refractivity contribution in [3.63, 3.8) is 0 Å². The normalized spacial score (nSPS) is 18.2. The number of hydrogen-bond acceptors (Lipinski definition) is 5. The monoisotopic (exact) mass is 299 g/mol. The molecule has 0 spiro atoms. The van der Waals surface area contributed by atoms with Gasteiger partial charge in [0.1, 0.15) is 4.88 Å². The Labute approximate surface area is 122 Å². The zero-order chi connectivity index (χ0) is 13.9. The molecule has 1 aliphatic carbocycles. The van der Waals surface area contributed by atoms with Crippen LogP contribution in [-0.4, -0.2) is 28.4 Å². The molecule has 1 fully saturated rings.